The zero-order chi connectivity index (χ0) is 19.5. The van der Waals surface area contributed by atoms with Gasteiger partial charge in [-0.1, -0.05) is 6.92 Å². The maximum absolute atomic E-state index is 13.6. The van der Waals surface area contributed by atoms with Gasteiger partial charge in [-0.2, -0.15) is 0 Å². The minimum absolute atomic E-state index is 0.00330. The van der Waals surface area contributed by atoms with Crippen molar-refractivity contribution in [1.29, 1.82) is 0 Å². The van der Waals surface area contributed by atoms with E-state index in [9.17, 15) is 9.18 Å². The van der Waals surface area contributed by atoms with Gasteiger partial charge in [0.1, 0.15) is 15.8 Å². The van der Waals surface area contributed by atoms with Crippen LogP contribution in [0.3, 0.4) is 0 Å². The number of nitrogens with one attached hydrogen (secondary N) is 3. The van der Waals surface area contributed by atoms with Crippen molar-refractivity contribution in [2.24, 2.45) is 0 Å². The number of hydrogen-bond donors (Lipinski definition) is 3. The first-order valence-electron chi connectivity index (χ1n) is 9.58. The van der Waals surface area contributed by atoms with E-state index in [1.165, 1.54) is 22.6 Å². The Hall–Kier alpha value is -1.87. The molecule has 3 heterocycles. The van der Waals surface area contributed by atoms with Crippen LogP contribution < -0.4 is 16.0 Å². The zero-order valence-electron chi connectivity index (χ0n) is 15.7. The predicted molar refractivity (Wildman–Crippen MR) is 115 cm³/mol. The van der Waals surface area contributed by atoms with E-state index in [4.69, 9.17) is 0 Å². The van der Waals surface area contributed by atoms with E-state index in [2.05, 4.69) is 27.9 Å². The lowest BCUT2D eigenvalue weighted by atomic mass is 10.0. The smallest absolute Gasteiger partial charge is 0.226 e. The SMILES string of the molecule is CCCNCCC(=O)Nc1sc2c(c1-c1nc3cc(F)ccc3s1)CCNC2. The largest absolute Gasteiger partial charge is 0.317 e. The summed E-state index contributed by atoms with van der Waals surface area (Å²) in [6.45, 7) is 5.40. The van der Waals surface area contributed by atoms with E-state index in [0.717, 1.165) is 52.7 Å². The molecule has 3 aromatic rings. The Morgan fingerprint density at radius 3 is 3.07 bits per heavy atom. The minimum atomic E-state index is -0.283. The molecule has 0 unspecified atom stereocenters. The minimum Gasteiger partial charge on any atom is -0.317 e. The average Bonchev–Trinajstić information content (AvgIpc) is 3.25. The summed E-state index contributed by atoms with van der Waals surface area (Å²) in [6.07, 6.45) is 2.39. The van der Waals surface area contributed by atoms with Crippen molar-refractivity contribution >= 4 is 43.8 Å². The molecule has 3 N–H and O–H groups in total. The fourth-order valence-electron chi connectivity index (χ4n) is 3.35. The molecule has 1 aliphatic heterocycles. The number of fused-ring (bicyclic) bond motifs is 2. The van der Waals surface area contributed by atoms with E-state index >= 15 is 0 Å². The number of amides is 1. The highest BCUT2D eigenvalue weighted by atomic mass is 32.1. The van der Waals surface area contributed by atoms with Gasteiger partial charge in [0.25, 0.3) is 0 Å². The van der Waals surface area contributed by atoms with Crippen LogP contribution in [0.1, 0.15) is 30.2 Å². The lowest BCUT2D eigenvalue weighted by molar-refractivity contribution is -0.116. The molecule has 0 bridgehead atoms. The van der Waals surface area contributed by atoms with Crippen LogP contribution in [-0.4, -0.2) is 30.5 Å². The molecule has 28 heavy (non-hydrogen) atoms. The molecule has 148 valence electrons. The van der Waals surface area contributed by atoms with E-state index in [1.54, 1.807) is 28.7 Å². The number of nitrogens with zero attached hydrogens (tertiary/aromatic N) is 1. The monoisotopic (exact) mass is 418 g/mol. The standard InChI is InChI=1S/C20H23FN4OS2/c1-2-7-22-9-6-17(26)25-20-18(13-5-8-23-11-16(13)28-20)19-24-14-10-12(21)3-4-15(14)27-19/h3-4,10,22-23H,2,5-9,11H2,1H3,(H,25,26). The van der Waals surface area contributed by atoms with Gasteiger partial charge < -0.3 is 16.0 Å². The second kappa shape index (κ2) is 8.65. The molecule has 4 rings (SSSR count). The first kappa shape index (κ1) is 19.4. The Kier molecular flexibility index (Phi) is 6.01. The maximum Gasteiger partial charge on any atom is 0.226 e. The first-order chi connectivity index (χ1) is 13.7. The normalized spacial score (nSPS) is 13.6. The highest BCUT2D eigenvalue weighted by Gasteiger charge is 2.25. The molecule has 1 amide bonds. The number of benzene rings is 1. The third-order valence-corrected chi connectivity index (χ3v) is 6.90. The summed E-state index contributed by atoms with van der Waals surface area (Å²) in [6, 6.07) is 4.69. The Morgan fingerprint density at radius 1 is 1.32 bits per heavy atom. The number of rotatable bonds is 7. The Balaban J connectivity index is 1.65. The van der Waals surface area contributed by atoms with Gasteiger partial charge in [-0.25, -0.2) is 9.37 Å². The molecule has 0 saturated carbocycles. The first-order valence-corrected chi connectivity index (χ1v) is 11.2. The molecule has 0 fully saturated rings. The molecule has 0 spiro atoms. The molecule has 0 atom stereocenters. The van der Waals surface area contributed by atoms with Gasteiger partial charge in [-0.15, -0.1) is 22.7 Å². The van der Waals surface area contributed by atoms with Crippen LogP contribution in [0.4, 0.5) is 9.39 Å². The maximum atomic E-state index is 13.6. The number of carbonyl (C=O) groups excluding carboxylic acids is 1. The summed E-state index contributed by atoms with van der Waals surface area (Å²) >= 11 is 3.17. The van der Waals surface area contributed by atoms with Crippen LogP contribution in [0.5, 0.6) is 0 Å². The predicted octanol–water partition coefficient (Wildman–Crippen LogP) is 4.14. The number of thiophene rings is 1. The number of carbonyl (C=O) groups is 1. The van der Waals surface area contributed by atoms with E-state index in [0.29, 0.717) is 18.5 Å². The molecule has 8 heteroatoms. The topological polar surface area (TPSA) is 66.0 Å². The molecule has 0 radical (unpaired) electrons. The van der Waals surface area contributed by atoms with Gasteiger partial charge >= 0.3 is 0 Å². The van der Waals surface area contributed by atoms with Crippen molar-refractivity contribution in [3.8, 4) is 10.6 Å². The number of anilines is 1. The summed E-state index contributed by atoms with van der Waals surface area (Å²) < 4.78 is 14.5. The lowest BCUT2D eigenvalue weighted by Gasteiger charge is -2.13. The van der Waals surface area contributed by atoms with Crippen LogP contribution in [0.2, 0.25) is 0 Å². The van der Waals surface area contributed by atoms with Crippen molar-refractivity contribution in [3.05, 3.63) is 34.5 Å². The van der Waals surface area contributed by atoms with Gasteiger partial charge in [0.15, 0.2) is 0 Å². The van der Waals surface area contributed by atoms with Crippen LogP contribution in [0.25, 0.3) is 20.8 Å². The van der Waals surface area contributed by atoms with Crippen LogP contribution in [0, 0.1) is 5.82 Å². The molecule has 0 saturated heterocycles. The third kappa shape index (κ3) is 4.10. The third-order valence-electron chi connectivity index (χ3n) is 4.70. The van der Waals surface area contributed by atoms with E-state index in [1.807, 2.05) is 0 Å². The molecule has 2 aromatic heterocycles. The quantitative estimate of drug-likeness (QED) is 0.505. The second-order valence-corrected chi connectivity index (χ2v) is 8.95. The fraction of sp³-hybridized carbons (Fsp3) is 0.400. The Labute approximate surface area is 171 Å². The highest BCUT2D eigenvalue weighted by molar-refractivity contribution is 7.22. The van der Waals surface area contributed by atoms with Crippen LogP contribution >= 0.6 is 22.7 Å². The summed E-state index contributed by atoms with van der Waals surface area (Å²) in [5.41, 5.74) is 2.93. The van der Waals surface area contributed by atoms with Crippen LogP contribution in [0.15, 0.2) is 18.2 Å². The molecular formula is C20H23FN4OS2. The summed E-state index contributed by atoms with van der Waals surface area (Å²) in [7, 11) is 0. The number of halogens is 1. The van der Waals surface area contributed by atoms with Gasteiger partial charge in [0.2, 0.25) is 5.91 Å². The van der Waals surface area contributed by atoms with Gasteiger partial charge in [-0.05, 0) is 43.6 Å². The molecular weight excluding hydrogens is 395 g/mol. The number of thiazole rings is 1. The van der Waals surface area contributed by atoms with Gasteiger partial charge in [0.05, 0.1) is 10.2 Å². The zero-order valence-corrected chi connectivity index (χ0v) is 17.4. The molecule has 1 aromatic carbocycles. The van der Waals surface area contributed by atoms with Crippen LogP contribution in [-0.2, 0) is 17.8 Å². The fourth-order valence-corrected chi connectivity index (χ4v) is 5.67. The van der Waals surface area contributed by atoms with Crippen molar-refractivity contribution in [1.82, 2.24) is 15.6 Å². The van der Waals surface area contributed by atoms with E-state index in [-0.39, 0.29) is 11.7 Å². The van der Waals surface area contributed by atoms with Gasteiger partial charge in [0, 0.05) is 36.0 Å². The molecule has 1 aliphatic rings. The van der Waals surface area contributed by atoms with Crippen molar-refractivity contribution in [3.63, 3.8) is 0 Å². The Morgan fingerprint density at radius 2 is 2.21 bits per heavy atom. The summed E-state index contributed by atoms with van der Waals surface area (Å²) in [5.74, 6) is -0.280. The summed E-state index contributed by atoms with van der Waals surface area (Å²) in [4.78, 5) is 18.4. The number of aromatic nitrogens is 1. The van der Waals surface area contributed by atoms with E-state index < -0.39 is 0 Å². The van der Waals surface area contributed by atoms with Crippen molar-refractivity contribution < 1.29 is 9.18 Å². The van der Waals surface area contributed by atoms with Gasteiger partial charge in [-0.3, -0.25) is 4.79 Å². The molecule has 5 nitrogen and oxygen atoms in total. The number of hydrogen-bond acceptors (Lipinski definition) is 6. The average molecular weight is 419 g/mol. The summed E-state index contributed by atoms with van der Waals surface area (Å²) in [5, 5.41) is 11.5. The van der Waals surface area contributed by atoms with Crippen molar-refractivity contribution in [2.75, 3.05) is 25.0 Å². The second-order valence-electron chi connectivity index (χ2n) is 6.81. The molecule has 0 aliphatic carbocycles. The van der Waals surface area contributed by atoms with Crippen molar-refractivity contribution in [2.45, 2.75) is 32.7 Å². The lowest BCUT2D eigenvalue weighted by Crippen LogP contribution is -2.22. The Bertz CT molecular complexity index is 998. The highest BCUT2D eigenvalue weighted by Crippen LogP contribution is 2.44.